The molecule has 0 spiro atoms. The Morgan fingerprint density at radius 3 is 3.10 bits per heavy atom. The van der Waals surface area contributed by atoms with E-state index in [0.717, 1.165) is 38.2 Å². The van der Waals surface area contributed by atoms with Gasteiger partial charge in [-0.2, -0.15) is 5.10 Å². The molecule has 1 aliphatic heterocycles. The number of piperidine rings is 1. The summed E-state index contributed by atoms with van der Waals surface area (Å²) < 4.78 is 23.6. The molecule has 3 rings (SSSR count). The number of H-pyrrole nitrogens is 1. The van der Waals surface area contributed by atoms with Gasteiger partial charge in [0.25, 0.3) is 0 Å². The van der Waals surface area contributed by atoms with Gasteiger partial charge in [0.1, 0.15) is 4.90 Å². The lowest BCUT2D eigenvalue weighted by Crippen LogP contribution is -2.34. The smallest absolute Gasteiger partial charge is 0.178 e. The first-order valence-corrected chi connectivity index (χ1v) is 9.79. The first-order chi connectivity index (χ1) is 10.0. The topological polar surface area (TPSA) is 66.1 Å². The summed E-state index contributed by atoms with van der Waals surface area (Å²) in [5.74, 6) is 0.214. The molecule has 0 saturated carbocycles. The Bertz CT molecular complexity index is 692. The number of aromatic amines is 1. The number of sulfone groups is 1. The molecule has 0 amide bonds. The molecule has 1 fully saturated rings. The summed E-state index contributed by atoms with van der Waals surface area (Å²) >= 11 is 1.76. The van der Waals surface area contributed by atoms with Crippen LogP contribution in [0.4, 0.5) is 0 Å². The molecule has 1 N–H and O–H groups in total. The highest BCUT2D eigenvalue weighted by Gasteiger charge is 2.27. The molecule has 5 nitrogen and oxygen atoms in total. The third-order valence-electron chi connectivity index (χ3n) is 3.91. The van der Waals surface area contributed by atoms with Gasteiger partial charge < -0.3 is 0 Å². The Hall–Kier alpha value is -1.18. The molecule has 21 heavy (non-hydrogen) atoms. The van der Waals surface area contributed by atoms with Crippen molar-refractivity contribution in [2.24, 2.45) is 0 Å². The molecular weight excluding hydrogens is 306 g/mol. The molecule has 2 aromatic rings. The molecule has 7 heteroatoms. The van der Waals surface area contributed by atoms with Crippen molar-refractivity contribution in [1.82, 2.24) is 15.1 Å². The predicted molar refractivity (Wildman–Crippen MR) is 83.3 cm³/mol. The number of nitrogens with one attached hydrogen (secondary N) is 1. The molecule has 1 aliphatic rings. The minimum Gasteiger partial charge on any atom is -0.298 e. The van der Waals surface area contributed by atoms with E-state index in [1.165, 1.54) is 17.3 Å². The number of nitrogens with zero attached hydrogens (tertiary/aromatic N) is 2. The van der Waals surface area contributed by atoms with E-state index >= 15 is 0 Å². The van der Waals surface area contributed by atoms with Gasteiger partial charge in [-0.1, -0.05) is 6.07 Å². The Morgan fingerprint density at radius 2 is 2.38 bits per heavy atom. The summed E-state index contributed by atoms with van der Waals surface area (Å²) in [6, 6.07) is 4.21. The maximum absolute atomic E-state index is 11.8. The summed E-state index contributed by atoms with van der Waals surface area (Å²) in [4.78, 5) is 4.10. The average Bonchev–Trinajstić information content (AvgIpc) is 3.08. The van der Waals surface area contributed by atoms with Crippen LogP contribution in [0.3, 0.4) is 0 Å². The van der Waals surface area contributed by atoms with E-state index < -0.39 is 9.84 Å². The molecule has 0 bridgehead atoms. The van der Waals surface area contributed by atoms with Crippen molar-refractivity contribution in [1.29, 1.82) is 0 Å². The van der Waals surface area contributed by atoms with Crippen LogP contribution in [0.15, 0.2) is 28.6 Å². The van der Waals surface area contributed by atoms with Crippen molar-refractivity contribution in [3.8, 4) is 0 Å². The van der Waals surface area contributed by atoms with Gasteiger partial charge in [0, 0.05) is 30.1 Å². The zero-order valence-corrected chi connectivity index (χ0v) is 13.6. The standard InChI is InChI=1S/C14H19N3O2S2/c1-21(18,19)13-8-15-16-14(13)11-4-2-6-17(9-11)10-12-5-3-7-20-12/h3,5,7-8,11H,2,4,6,9-10H2,1H3,(H,15,16)/t11-/m1/s1. The first-order valence-electron chi connectivity index (χ1n) is 7.02. The van der Waals surface area contributed by atoms with Crippen molar-refractivity contribution in [3.63, 3.8) is 0 Å². The van der Waals surface area contributed by atoms with Crippen molar-refractivity contribution < 1.29 is 8.42 Å². The molecule has 0 radical (unpaired) electrons. The molecular formula is C14H19N3O2S2. The third-order valence-corrected chi connectivity index (χ3v) is 5.89. The molecule has 114 valence electrons. The summed E-state index contributed by atoms with van der Waals surface area (Å²) in [5.41, 5.74) is 0.772. The van der Waals surface area contributed by atoms with Crippen LogP contribution >= 0.6 is 11.3 Å². The zero-order valence-electron chi connectivity index (χ0n) is 11.9. The van der Waals surface area contributed by atoms with Crippen LogP contribution in [0.25, 0.3) is 0 Å². The maximum atomic E-state index is 11.8. The van der Waals surface area contributed by atoms with Crippen LogP contribution in [0, 0.1) is 0 Å². The van der Waals surface area contributed by atoms with Gasteiger partial charge in [-0.15, -0.1) is 11.3 Å². The number of hydrogen-bond donors (Lipinski definition) is 1. The quantitative estimate of drug-likeness (QED) is 0.936. The lowest BCUT2D eigenvalue weighted by Gasteiger charge is -2.32. The molecule has 0 aromatic carbocycles. The number of hydrogen-bond acceptors (Lipinski definition) is 5. The van der Waals surface area contributed by atoms with Gasteiger partial charge in [-0.05, 0) is 30.8 Å². The molecule has 2 aromatic heterocycles. The molecule has 0 unspecified atom stereocenters. The third kappa shape index (κ3) is 3.36. The van der Waals surface area contributed by atoms with E-state index in [0.29, 0.717) is 4.90 Å². The van der Waals surface area contributed by atoms with Crippen molar-refractivity contribution in [2.45, 2.75) is 30.2 Å². The minimum absolute atomic E-state index is 0.214. The van der Waals surface area contributed by atoms with Crippen LogP contribution in [0.1, 0.15) is 29.3 Å². The summed E-state index contributed by atoms with van der Waals surface area (Å²) in [7, 11) is -3.22. The Balaban J connectivity index is 1.76. The van der Waals surface area contributed by atoms with E-state index in [1.807, 2.05) is 0 Å². The largest absolute Gasteiger partial charge is 0.298 e. The van der Waals surface area contributed by atoms with Crippen LogP contribution in [-0.4, -0.2) is 42.9 Å². The van der Waals surface area contributed by atoms with Crippen LogP contribution in [0.2, 0.25) is 0 Å². The second-order valence-electron chi connectivity index (χ2n) is 5.57. The van der Waals surface area contributed by atoms with E-state index in [4.69, 9.17) is 0 Å². The fourth-order valence-corrected chi connectivity index (χ4v) is 4.53. The highest BCUT2D eigenvalue weighted by molar-refractivity contribution is 7.90. The van der Waals surface area contributed by atoms with Crippen molar-refractivity contribution >= 4 is 21.2 Å². The maximum Gasteiger partial charge on any atom is 0.178 e. The van der Waals surface area contributed by atoms with E-state index in [-0.39, 0.29) is 5.92 Å². The SMILES string of the molecule is CS(=O)(=O)c1cn[nH]c1[C@@H]1CCCN(Cc2cccs2)C1. The van der Waals surface area contributed by atoms with Gasteiger partial charge in [0.2, 0.25) is 0 Å². The molecule has 1 saturated heterocycles. The van der Waals surface area contributed by atoms with Gasteiger partial charge in [0.05, 0.1) is 11.9 Å². The lowest BCUT2D eigenvalue weighted by atomic mass is 9.95. The highest BCUT2D eigenvalue weighted by Crippen LogP contribution is 2.30. The number of aromatic nitrogens is 2. The van der Waals surface area contributed by atoms with Crippen LogP contribution in [0.5, 0.6) is 0 Å². The monoisotopic (exact) mass is 325 g/mol. The minimum atomic E-state index is -3.22. The van der Waals surface area contributed by atoms with Crippen molar-refractivity contribution in [2.75, 3.05) is 19.3 Å². The lowest BCUT2D eigenvalue weighted by molar-refractivity contribution is 0.199. The fourth-order valence-electron chi connectivity index (χ4n) is 2.93. The van der Waals surface area contributed by atoms with Crippen LogP contribution < -0.4 is 0 Å². The second kappa shape index (κ2) is 5.90. The summed E-state index contributed by atoms with van der Waals surface area (Å²) in [6.45, 7) is 2.88. The van der Waals surface area contributed by atoms with E-state index in [1.54, 1.807) is 11.3 Å². The second-order valence-corrected chi connectivity index (χ2v) is 8.59. The number of thiophene rings is 1. The Morgan fingerprint density at radius 1 is 1.52 bits per heavy atom. The van der Waals surface area contributed by atoms with Crippen LogP contribution in [-0.2, 0) is 16.4 Å². The Labute approximate surface area is 128 Å². The number of likely N-dealkylation sites (tertiary alicyclic amines) is 1. The summed E-state index contributed by atoms with van der Waals surface area (Å²) in [6.07, 6.45) is 4.76. The molecule has 0 aliphatic carbocycles. The van der Waals surface area contributed by atoms with Gasteiger partial charge in [0.15, 0.2) is 9.84 Å². The van der Waals surface area contributed by atoms with Gasteiger partial charge >= 0.3 is 0 Å². The van der Waals surface area contributed by atoms with Crippen molar-refractivity contribution in [3.05, 3.63) is 34.3 Å². The highest BCUT2D eigenvalue weighted by atomic mass is 32.2. The average molecular weight is 325 g/mol. The number of rotatable bonds is 4. The normalized spacial score (nSPS) is 20.7. The first kappa shape index (κ1) is 14.7. The summed E-state index contributed by atoms with van der Waals surface area (Å²) in [5, 5.41) is 8.94. The predicted octanol–water partition coefficient (Wildman–Crippen LogP) is 2.25. The fraction of sp³-hybridized carbons (Fsp3) is 0.500. The van der Waals surface area contributed by atoms with Gasteiger partial charge in [-0.25, -0.2) is 8.42 Å². The molecule has 1 atom stereocenters. The van der Waals surface area contributed by atoms with Gasteiger partial charge in [-0.3, -0.25) is 10.00 Å². The van der Waals surface area contributed by atoms with E-state index in [2.05, 4.69) is 32.6 Å². The zero-order chi connectivity index (χ0) is 14.9. The Kier molecular flexibility index (Phi) is 4.14. The molecule has 3 heterocycles. The van der Waals surface area contributed by atoms with E-state index in [9.17, 15) is 8.42 Å².